The molecule has 4 heteroatoms. The highest BCUT2D eigenvalue weighted by Gasteiger charge is 2.34. The maximum Gasteiger partial charge on any atom is 0.106 e. The summed E-state index contributed by atoms with van der Waals surface area (Å²) in [7, 11) is 0. The first kappa shape index (κ1) is 12.3. The van der Waals surface area contributed by atoms with Gasteiger partial charge in [0.2, 0.25) is 0 Å². The molecule has 0 amide bonds. The van der Waals surface area contributed by atoms with Crippen LogP contribution in [0.25, 0.3) is 11.3 Å². The summed E-state index contributed by atoms with van der Waals surface area (Å²) < 4.78 is 2.04. The number of nitrogens with zero attached hydrogens (tertiary/aromatic N) is 3. The van der Waals surface area contributed by atoms with E-state index in [1.807, 2.05) is 42.0 Å². The van der Waals surface area contributed by atoms with Crippen LogP contribution in [0.1, 0.15) is 29.0 Å². The van der Waals surface area contributed by atoms with E-state index in [0.29, 0.717) is 0 Å². The molecule has 4 nitrogen and oxygen atoms in total. The molecule has 0 fully saturated rings. The molecule has 0 saturated carbocycles. The Morgan fingerprint density at radius 1 is 1.19 bits per heavy atom. The summed E-state index contributed by atoms with van der Waals surface area (Å²) >= 11 is 0. The van der Waals surface area contributed by atoms with Gasteiger partial charge in [0.25, 0.3) is 0 Å². The van der Waals surface area contributed by atoms with Gasteiger partial charge in [0.15, 0.2) is 0 Å². The van der Waals surface area contributed by atoms with Crippen LogP contribution in [0, 0.1) is 6.92 Å². The van der Waals surface area contributed by atoms with Crippen LogP contribution < -0.4 is 0 Å². The van der Waals surface area contributed by atoms with Gasteiger partial charge in [-0.3, -0.25) is 4.98 Å². The molecule has 0 spiro atoms. The van der Waals surface area contributed by atoms with Crippen molar-refractivity contribution in [3.8, 4) is 11.3 Å². The monoisotopic (exact) mass is 277 g/mol. The van der Waals surface area contributed by atoms with E-state index in [9.17, 15) is 5.11 Å². The van der Waals surface area contributed by atoms with E-state index in [1.54, 1.807) is 12.5 Å². The third kappa shape index (κ3) is 1.73. The Hall–Kier alpha value is -2.46. The van der Waals surface area contributed by atoms with Gasteiger partial charge in [-0.25, -0.2) is 4.98 Å². The second-order valence-corrected chi connectivity index (χ2v) is 5.34. The van der Waals surface area contributed by atoms with Crippen molar-refractivity contribution in [2.24, 2.45) is 0 Å². The smallest absolute Gasteiger partial charge is 0.106 e. The number of aliphatic hydroxyl groups is 1. The van der Waals surface area contributed by atoms with Gasteiger partial charge in [0.05, 0.1) is 24.3 Å². The molecule has 0 bridgehead atoms. The van der Waals surface area contributed by atoms with E-state index in [-0.39, 0.29) is 6.04 Å². The molecule has 1 aliphatic rings. The molecule has 0 radical (unpaired) electrons. The highest BCUT2D eigenvalue weighted by atomic mass is 16.3. The van der Waals surface area contributed by atoms with Gasteiger partial charge >= 0.3 is 0 Å². The van der Waals surface area contributed by atoms with E-state index < -0.39 is 6.10 Å². The van der Waals surface area contributed by atoms with E-state index in [2.05, 4.69) is 22.1 Å². The van der Waals surface area contributed by atoms with Crippen molar-refractivity contribution in [3.05, 3.63) is 71.9 Å². The van der Waals surface area contributed by atoms with Gasteiger partial charge < -0.3 is 9.67 Å². The van der Waals surface area contributed by atoms with Crippen LogP contribution in [0.5, 0.6) is 0 Å². The third-order valence-corrected chi connectivity index (χ3v) is 4.19. The standard InChI is InChI=1S/C17H15N3O/c1-11-12(7-4-8-19-11)17(21)16-14-6-3-2-5-13(14)15-9-18-10-20(15)16/h2-10,16-17,21H,1H3. The van der Waals surface area contributed by atoms with Crippen molar-refractivity contribution in [3.63, 3.8) is 0 Å². The number of hydrogen-bond acceptors (Lipinski definition) is 3. The highest BCUT2D eigenvalue weighted by molar-refractivity contribution is 5.69. The van der Waals surface area contributed by atoms with Gasteiger partial charge in [-0.2, -0.15) is 0 Å². The third-order valence-electron chi connectivity index (χ3n) is 4.19. The van der Waals surface area contributed by atoms with E-state index >= 15 is 0 Å². The fourth-order valence-electron chi connectivity index (χ4n) is 3.17. The van der Waals surface area contributed by atoms with Crippen LogP contribution in [0.15, 0.2) is 55.1 Å². The highest BCUT2D eigenvalue weighted by Crippen LogP contribution is 2.45. The minimum absolute atomic E-state index is 0.151. The average Bonchev–Trinajstić information content (AvgIpc) is 3.07. The Morgan fingerprint density at radius 3 is 2.90 bits per heavy atom. The topological polar surface area (TPSA) is 50.9 Å². The van der Waals surface area contributed by atoms with Crippen molar-refractivity contribution in [1.82, 2.24) is 14.5 Å². The molecule has 2 unspecified atom stereocenters. The average molecular weight is 277 g/mol. The maximum absolute atomic E-state index is 10.9. The summed E-state index contributed by atoms with van der Waals surface area (Å²) in [6.45, 7) is 1.92. The van der Waals surface area contributed by atoms with E-state index in [0.717, 1.165) is 28.1 Å². The summed E-state index contributed by atoms with van der Waals surface area (Å²) in [4.78, 5) is 8.51. The molecule has 104 valence electrons. The molecule has 0 aliphatic carbocycles. The molecule has 2 atom stereocenters. The predicted molar refractivity (Wildman–Crippen MR) is 79.7 cm³/mol. The fraction of sp³-hybridized carbons (Fsp3) is 0.176. The van der Waals surface area contributed by atoms with Crippen LogP contribution in [-0.4, -0.2) is 19.6 Å². The van der Waals surface area contributed by atoms with Gasteiger partial charge in [-0.1, -0.05) is 30.3 Å². The Labute approximate surface area is 122 Å². The molecule has 21 heavy (non-hydrogen) atoms. The molecular formula is C17H15N3O. The number of pyridine rings is 1. The number of aliphatic hydroxyl groups excluding tert-OH is 1. The number of rotatable bonds is 2. The Kier molecular flexibility index (Phi) is 2.65. The van der Waals surface area contributed by atoms with Gasteiger partial charge in [-0.15, -0.1) is 0 Å². The van der Waals surface area contributed by atoms with Crippen LogP contribution >= 0.6 is 0 Å². The molecule has 2 aromatic heterocycles. The van der Waals surface area contributed by atoms with Gasteiger partial charge in [0, 0.05) is 23.0 Å². The fourth-order valence-corrected chi connectivity index (χ4v) is 3.17. The largest absolute Gasteiger partial charge is 0.386 e. The van der Waals surface area contributed by atoms with Crippen LogP contribution in [0.2, 0.25) is 0 Å². The Balaban J connectivity index is 1.88. The summed E-state index contributed by atoms with van der Waals surface area (Å²) in [5.74, 6) is 0. The number of imidazole rings is 1. The summed E-state index contributed by atoms with van der Waals surface area (Å²) in [5.41, 5.74) is 5.04. The minimum Gasteiger partial charge on any atom is -0.386 e. The second-order valence-electron chi connectivity index (χ2n) is 5.34. The summed E-state index contributed by atoms with van der Waals surface area (Å²) in [5, 5.41) is 10.9. The summed E-state index contributed by atoms with van der Waals surface area (Å²) in [6, 6.07) is 11.8. The first-order valence-corrected chi connectivity index (χ1v) is 6.98. The zero-order valence-electron chi connectivity index (χ0n) is 11.6. The van der Waals surface area contributed by atoms with Crippen LogP contribution in [-0.2, 0) is 0 Å². The number of benzene rings is 1. The maximum atomic E-state index is 10.9. The first-order chi connectivity index (χ1) is 10.3. The lowest BCUT2D eigenvalue weighted by molar-refractivity contribution is 0.134. The molecule has 1 aliphatic heterocycles. The van der Waals surface area contributed by atoms with E-state index in [4.69, 9.17) is 0 Å². The Morgan fingerprint density at radius 2 is 2.05 bits per heavy atom. The minimum atomic E-state index is -0.643. The Bertz CT molecular complexity index is 809. The van der Waals surface area contributed by atoms with Gasteiger partial charge in [0.1, 0.15) is 6.10 Å². The lowest BCUT2D eigenvalue weighted by Crippen LogP contribution is -2.16. The van der Waals surface area contributed by atoms with Crippen molar-refractivity contribution < 1.29 is 5.11 Å². The number of fused-ring (bicyclic) bond motifs is 3. The zero-order valence-corrected chi connectivity index (χ0v) is 11.6. The van der Waals surface area contributed by atoms with Crippen LogP contribution in [0.3, 0.4) is 0 Å². The van der Waals surface area contributed by atoms with Crippen LogP contribution in [0.4, 0.5) is 0 Å². The molecule has 1 aromatic carbocycles. The number of aromatic nitrogens is 3. The quantitative estimate of drug-likeness (QED) is 0.783. The lowest BCUT2D eigenvalue weighted by atomic mass is 9.94. The van der Waals surface area contributed by atoms with Crippen molar-refractivity contribution >= 4 is 0 Å². The molecule has 4 rings (SSSR count). The normalized spacial score (nSPS) is 17.3. The first-order valence-electron chi connectivity index (χ1n) is 6.98. The van der Waals surface area contributed by atoms with Crippen molar-refractivity contribution in [2.75, 3.05) is 0 Å². The molecular weight excluding hydrogens is 262 g/mol. The van der Waals surface area contributed by atoms with Crippen molar-refractivity contribution in [1.29, 1.82) is 0 Å². The molecule has 3 heterocycles. The van der Waals surface area contributed by atoms with Gasteiger partial charge in [-0.05, 0) is 18.6 Å². The molecule has 3 aromatic rings. The van der Waals surface area contributed by atoms with E-state index in [1.165, 1.54) is 0 Å². The second kappa shape index (κ2) is 4.53. The number of hydrogen-bond donors (Lipinski definition) is 1. The summed E-state index contributed by atoms with van der Waals surface area (Å²) in [6.07, 6.45) is 4.74. The van der Waals surface area contributed by atoms with Crippen molar-refractivity contribution in [2.45, 2.75) is 19.1 Å². The molecule has 0 saturated heterocycles. The number of aryl methyl sites for hydroxylation is 1. The zero-order chi connectivity index (χ0) is 14.4. The predicted octanol–water partition coefficient (Wildman–Crippen LogP) is 2.89. The molecule has 1 N–H and O–H groups in total. The SMILES string of the molecule is Cc1ncccc1C(O)C1c2ccccc2-c2cncn21. The lowest BCUT2D eigenvalue weighted by Gasteiger charge is -2.22.